The highest BCUT2D eigenvalue weighted by atomic mass is 32.1. The fourth-order valence-electron chi connectivity index (χ4n) is 2.23. The summed E-state index contributed by atoms with van der Waals surface area (Å²) in [6.07, 6.45) is 2.44. The van der Waals surface area contributed by atoms with Crippen molar-refractivity contribution in [2.45, 2.75) is 31.9 Å². The molecule has 3 nitrogen and oxygen atoms in total. The molecule has 2 aromatic rings. The quantitative estimate of drug-likeness (QED) is 0.910. The number of benzene rings is 1. The second-order valence-electron chi connectivity index (χ2n) is 5.08. The van der Waals surface area contributed by atoms with Gasteiger partial charge in [0, 0.05) is 19.5 Å². The SMILES string of the molecule is CN(Cc1ccccc1)c1nc(C2CC2)c(CO)s1. The second-order valence-corrected chi connectivity index (χ2v) is 6.14. The predicted octanol–water partition coefficient (Wildman–Crippen LogP) is 3.15. The molecule has 0 radical (unpaired) electrons. The molecule has 19 heavy (non-hydrogen) atoms. The minimum Gasteiger partial charge on any atom is -0.391 e. The monoisotopic (exact) mass is 274 g/mol. The highest BCUT2D eigenvalue weighted by Crippen LogP contribution is 2.44. The van der Waals surface area contributed by atoms with E-state index in [2.05, 4.69) is 36.2 Å². The molecule has 3 rings (SSSR count). The lowest BCUT2D eigenvalue weighted by Crippen LogP contribution is -2.15. The first-order valence-electron chi connectivity index (χ1n) is 6.63. The number of aliphatic hydroxyl groups excluding tert-OH is 1. The highest BCUT2D eigenvalue weighted by Gasteiger charge is 2.29. The van der Waals surface area contributed by atoms with E-state index in [1.54, 1.807) is 11.3 Å². The Hall–Kier alpha value is -1.39. The van der Waals surface area contributed by atoms with Gasteiger partial charge >= 0.3 is 0 Å². The molecule has 0 saturated heterocycles. The number of hydrogen-bond donors (Lipinski definition) is 1. The van der Waals surface area contributed by atoms with Crippen molar-refractivity contribution in [1.29, 1.82) is 0 Å². The van der Waals surface area contributed by atoms with Gasteiger partial charge in [0.2, 0.25) is 0 Å². The Kier molecular flexibility index (Phi) is 3.53. The molecule has 1 fully saturated rings. The maximum atomic E-state index is 9.43. The van der Waals surface area contributed by atoms with Crippen LogP contribution in [0.1, 0.15) is 34.9 Å². The second kappa shape index (κ2) is 5.31. The molecule has 4 heteroatoms. The van der Waals surface area contributed by atoms with Crippen LogP contribution >= 0.6 is 11.3 Å². The fourth-order valence-corrected chi connectivity index (χ4v) is 3.19. The average Bonchev–Trinajstić information content (AvgIpc) is 3.19. The highest BCUT2D eigenvalue weighted by molar-refractivity contribution is 7.15. The van der Waals surface area contributed by atoms with Crippen LogP contribution in [-0.4, -0.2) is 17.1 Å². The summed E-state index contributed by atoms with van der Waals surface area (Å²) in [6, 6.07) is 10.4. The third-order valence-electron chi connectivity index (χ3n) is 3.41. The average molecular weight is 274 g/mol. The summed E-state index contributed by atoms with van der Waals surface area (Å²) in [6.45, 7) is 0.964. The Morgan fingerprint density at radius 2 is 2.05 bits per heavy atom. The first-order valence-corrected chi connectivity index (χ1v) is 7.45. The molecule has 0 spiro atoms. The molecule has 1 aliphatic rings. The molecule has 1 heterocycles. The van der Waals surface area contributed by atoms with E-state index in [9.17, 15) is 5.11 Å². The normalized spacial score (nSPS) is 14.6. The Labute approximate surface area is 117 Å². The van der Waals surface area contributed by atoms with Gasteiger partial charge in [-0.3, -0.25) is 0 Å². The smallest absolute Gasteiger partial charge is 0.185 e. The number of hydrogen-bond acceptors (Lipinski definition) is 4. The van der Waals surface area contributed by atoms with Crippen molar-refractivity contribution in [3.63, 3.8) is 0 Å². The van der Waals surface area contributed by atoms with Gasteiger partial charge in [0.1, 0.15) is 0 Å². The zero-order valence-corrected chi connectivity index (χ0v) is 11.9. The molecule has 0 unspecified atom stereocenters. The van der Waals surface area contributed by atoms with E-state index in [1.807, 2.05) is 6.07 Å². The minimum atomic E-state index is 0.114. The number of thiazole rings is 1. The molecule has 0 atom stereocenters. The van der Waals surface area contributed by atoms with E-state index in [4.69, 9.17) is 4.98 Å². The standard InChI is InChI=1S/C15H18N2OS/c1-17(9-11-5-3-2-4-6-11)15-16-14(12-7-8-12)13(10-18)19-15/h2-6,12,18H,7-10H2,1H3. The van der Waals surface area contributed by atoms with Crippen LogP contribution in [0.15, 0.2) is 30.3 Å². The van der Waals surface area contributed by atoms with Gasteiger partial charge in [0.25, 0.3) is 0 Å². The largest absolute Gasteiger partial charge is 0.391 e. The van der Waals surface area contributed by atoms with Gasteiger partial charge in [-0.1, -0.05) is 41.7 Å². The van der Waals surface area contributed by atoms with Gasteiger partial charge in [0.15, 0.2) is 5.13 Å². The van der Waals surface area contributed by atoms with Crippen molar-refractivity contribution in [2.75, 3.05) is 11.9 Å². The van der Waals surface area contributed by atoms with E-state index in [0.29, 0.717) is 5.92 Å². The molecular formula is C15H18N2OS. The predicted molar refractivity (Wildman–Crippen MR) is 78.6 cm³/mol. The lowest BCUT2D eigenvalue weighted by Gasteiger charge is -2.15. The summed E-state index contributed by atoms with van der Waals surface area (Å²) in [5.74, 6) is 0.595. The van der Waals surface area contributed by atoms with E-state index in [1.165, 1.54) is 18.4 Å². The number of nitrogens with zero attached hydrogens (tertiary/aromatic N) is 2. The molecule has 0 bridgehead atoms. The Bertz CT molecular complexity index is 549. The van der Waals surface area contributed by atoms with Gasteiger partial charge in [-0.15, -0.1) is 0 Å². The van der Waals surface area contributed by atoms with Gasteiger partial charge in [-0.2, -0.15) is 0 Å². The van der Waals surface area contributed by atoms with Crippen molar-refractivity contribution >= 4 is 16.5 Å². The van der Waals surface area contributed by atoms with Crippen molar-refractivity contribution in [3.8, 4) is 0 Å². The summed E-state index contributed by atoms with van der Waals surface area (Å²) in [5.41, 5.74) is 2.40. The first kappa shape index (κ1) is 12.6. The third kappa shape index (κ3) is 2.80. The van der Waals surface area contributed by atoms with E-state index in [-0.39, 0.29) is 6.61 Å². The molecule has 0 amide bonds. The van der Waals surface area contributed by atoms with Crippen LogP contribution in [0.2, 0.25) is 0 Å². The van der Waals surface area contributed by atoms with Gasteiger partial charge in [0.05, 0.1) is 17.2 Å². The van der Waals surface area contributed by atoms with Crippen molar-refractivity contribution in [3.05, 3.63) is 46.5 Å². The molecule has 1 saturated carbocycles. The third-order valence-corrected chi connectivity index (χ3v) is 4.58. The molecule has 100 valence electrons. The van der Waals surface area contributed by atoms with E-state index in [0.717, 1.165) is 22.2 Å². The van der Waals surface area contributed by atoms with Crippen molar-refractivity contribution in [1.82, 2.24) is 4.98 Å². The van der Waals surface area contributed by atoms with Crippen LogP contribution < -0.4 is 4.90 Å². The Morgan fingerprint density at radius 3 is 2.68 bits per heavy atom. The summed E-state index contributed by atoms with van der Waals surface area (Å²) in [4.78, 5) is 7.92. The maximum absolute atomic E-state index is 9.43. The topological polar surface area (TPSA) is 36.4 Å². The van der Waals surface area contributed by atoms with E-state index >= 15 is 0 Å². The molecular weight excluding hydrogens is 256 g/mol. The maximum Gasteiger partial charge on any atom is 0.185 e. The van der Waals surface area contributed by atoms with Crippen LogP contribution in [-0.2, 0) is 13.2 Å². The van der Waals surface area contributed by atoms with Crippen LogP contribution in [0.4, 0.5) is 5.13 Å². The fraction of sp³-hybridized carbons (Fsp3) is 0.400. The molecule has 1 aliphatic carbocycles. The summed E-state index contributed by atoms with van der Waals surface area (Å²) in [5, 5.41) is 10.4. The number of aliphatic hydroxyl groups is 1. The lowest BCUT2D eigenvalue weighted by atomic mass is 10.2. The number of rotatable bonds is 5. The molecule has 0 aliphatic heterocycles. The number of anilines is 1. The summed E-state index contributed by atoms with van der Waals surface area (Å²) < 4.78 is 0. The molecule has 1 aromatic carbocycles. The van der Waals surface area contributed by atoms with Crippen LogP contribution in [0.5, 0.6) is 0 Å². The molecule has 1 aromatic heterocycles. The van der Waals surface area contributed by atoms with Gasteiger partial charge < -0.3 is 10.0 Å². The Balaban J connectivity index is 1.77. The number of aromatic nitrogens is 1. The zero-order chi connectivity index (χ0) is 13.2. The lowest BCUT2D eigenvalue weighted by molar-refractivity contribution is 0.284. The van der Waals surface area contributed by atoms with Gasteiger partial charge in [-0.05, 0) is 18.4 Å². The Morgan fingerprint density at radius 1 is 1.32 bits per heavy atom. The molecule has 1 N–H and O–H groups in total. The van der Waals surface area contributed by atoms with Crippen LogP contribution in [0.25, 0.3) is 0 Å². The van der Waals surface area contributed by atoms with E-state index < -0.39 is 0 Å². The summed E-state index contributed by atoms with van der Waals surface area (Å²) in [7, 11) is 2.06. The van der Waals surface area contributed by atoms with Crippen molar-refractivity contribution in [2.24, 2.45) is 0 Å². The van der Waals surface area contributed by atoms with Crippen LogP contribution in [0.3, 0.4) is 0 Å². The van der Waals surface area contributed by atoms with Crippen LogP contribution in [0, 0.1) is 0 Å². The minimum absolute atomic E-state index is 0.114. The first-order chi connectivity index (χ1) is 9.28. The zero-order valence-electron chi connectivity index (χ0n) is 11.0. The van der Waals surface area contributed by atoms with Crippen molar-refractivity contribution < 1.29 is 5.11 Å². The van der Waals surface area contributed by atoms with Gasteiger partial charge in [-0.25, -0.2) is 4.98 Å². The summed E-state index contributed by atoms with van der Waals surface area (Å²) >= 11 is 1.62.